The van der Waals surface area contributed by atoms with Crippen LogP contribution in [0.3, 0.4) is 0 Å². The van der Waals surface area contributed by atoms with Gasteiger partial charge in [-0.2, -0.15) is 0 Å². The van der Waals surface area contributed by atoms with Crippen LogP contribution >= 0.6 is 0 Å². The first-order valence-corrected chi connectivity index (χ1v) is 6.23. The normalized spacial score (nSPS) is 12.2. The van der Waals surface area contributed by atoms with E-state index in [4.69, 9.17) is 15.5 Å². The van der Waals surface area contributed by atoms with E-state index in [-0.39, 0.29) is 0 Å². The number of nitrogens with one attached hydrogen (secondary N) is 1. The van der Waals surface area contributed by atoms with E-state index in [1.165, 1.54) is 18.2 Å². The first-order valence-electron chi connectivity index (χ1n) is 6.23. The average Bonchev–Trinajstić information content (AvgIpc) is 2.29. The Morgan fingerprint density at radius 3 is 2.35 bits per heavy atom. The SMILES string of the molecule is CC(C)(C)OC(=O)Nc1ccc(F)cc1C(C)(C)ON. The van der Waals surface area contributed by atoms with Crippen LogP contribution in [0.15, 0.2) is 18.2 Å². The van der Waals surface area contributed by atoms with Crippen molar-refractivity contribution in [2.75, 3.05) is 5.32 Å². The number of nitrogens with two attached hydrogens (primary N) is 1. The minimum atomic E-state index is -0.952. The molecule has 0 radical (unpaired) electrons. The average molecular weight is 284 g/mol. The lowest BCUT2D eigenvalue weighted by atomic mass is 9.96. The van der Waals surface area contributed by atoms with E-state index in [0.717, 1.165) is 0 Å². The molecule has 0 fully saturated rings. The van der Waals surface area contributed by atoms with Gasteiger partial charge in [-0.3, -0.25) is 10.2 Å². The fourth-order valence-corrected chi connectivity index (χ4v) is 1.60. The molecule has 0 spiro atoms. The van der Waals surface area contributed by atoms with Gasteiger partial charge in [-0.1, -0.05) is 0 Å². The maximum absolute atomic E-state index is 13.4. The first kappa shape index (κ1) is 16.4. The zero-order valence-corrected chi connectivity index (χ0v) is 12.4. The highest BCUT2D eigenvalue weighted by atomic mass is 19.1. The maximum atomic E-state index is 13.4. The summed E-state index contributed by atoms with van der Waals surface area (Å²) in [5.74, 6) is 4.78. The number of anilines is 1. The van der Waals surface area contributed by atoms with Crippen molar-refractivity contribution in [3.8, 4) is 0 Å². The summed E-state index contributed by atoms with van der Waals surface area (Å²) in [5, 5.41) is 2.57. The molecule has 112 valence electrons. The second-order valence-electron chi connectivity index (χ2n) is 5.94. The van der Waals surface area contributed by atoms with Crippen LogP contribution in [0.1, 0.15) is 40.2 Å². The molecule has 3 N–H and O–H groups in total. The van der Waals surface area contributed by atoms with Gasteiger partial charge in [0.05, 0.1) is 5.69 Å². The monoisotopic (exact) mass is 284 g/mol. The zero-order valence-electron chi connectivity index (χ0n) is 12.4. The van der Waals surface area contributed by atoms with Gasteiger partial charge < -0.3 is 4.74 Å². The Balaban J connectivity index is 3.04. The fraction of sp³-hybridized carbons (Fsp3) is 0.500. The number of carbonyl (C=O) groups excluding carboxylic acids is 1. The fourth-order valence-electron chi connectivity index (χ4n) is 1.60. The third kappa shape index (κ3) is 4.47. The highest BCUT2D eigenvalue weighted by Gasteiger charge is 2.26. The lowest BCUT2D eigenvalue weighted by Gasteiger charge is -2.26. The van der Waals surface area contributed by atoms with Crippen LogP contribution in [0.25, 0.3) is 0 Å². The minimum absolute atomic E-state index is 0.385. The molecule has 0 saturated heterocycles. The van der Waals surface area contributed by atoms with Gasteiger partial charge in [-0.25, -0.2) is 15.1 Å². The van der Waals surface area contributed by atoms with Crippen molar-refractivity contribution in [1.29, 1.82) is 0 Å². The molecule has 1 aromatic carbocycles. The van der Waals surface area contributed by atoms with Crippen LogP contribution in [0.5, 0.6) is 0 Å². The van der Waals surface area contributed by atoms with Crippen LogP contribution in [-0.2, 0) is 15.2 Å². The Labute approximate surface area is 118 Å². The van der Waals surface area contributed by atoms with E-state index in [2.05, 4.69) is 5.32 Å². The molecule has 0 saturated carbocycles. The Morgan fingerprint density at radius 2 is 1.85 bits per heavy atom. The molecule has 0 aliphatic rings. The number of hydrogen-bond donors (Lipinski definition) is 2. The molecule has 0 unspecified atom stereocenters. The van der Waals surface area contributed by atoms with Crippen LogP contribution in [0.2, 0.25) is 0 Å². The standard InChI is InChI=1S/C14H21FN2O3/c1-13(2,3)19-12(18)17-11-7-6-9(15)8-10(11)14(4,5)20-16/h6-8H,16H2,1-5H3,(H,17,18). The Kier molecular flexibility index (Phi) is 4.73. The van der Waals surface area contributed by atoms with Crippen molar-refractivity contribution >= 4 is 11.8 Å². The highest BCUT2D eigenvalue weighted by Crippen LogP contribution is 2.31. The van der Waals surface area contributed by atoms with Crippen LogP contribution in [0.4, 0.5) is 14.9 Å². The molecule has 1 aromatic rings. The molecular weight excluding hydrogens is 263 g/mol. The van der Waals surface area contributed by atoms with Gasteiger partial charge >= 0.3 is 6.09 Å². The first-order chi connectivity index (χ1) is 9.05. The van der Waals surface area contributed by atoms with Crippen LogP contribution in [0, 0.1) is 5.82 Å². The van der Waals surface area contributed by atoms with Crippen LogP contribution in [-0.4, -0.2) is 11.7 Å². The van der Waals surface area contributed by atoms with Crippen molar-refractivity contribution in [2.24, 2.45) is 5.90 Å². The minimum Gasteiger partial charge on any atom is -0.444 e. The molecule has 20 heavy (non-hydrogen) atoms. The third-order valence-corrected chi connectivity index (χ3v) is 2.56. The van der Waals surface area contributed by atoms with Crippen molar-refractivity contribution in [1.82, 2.24) is 0 Å². The zero-order chi connectivity index (χ0) is 15.6. The Hall–Kier alpha value is -1.66. The summed E-state index contributed by atoms with van der Waals surface area (Å²) in [6, 6.07) is 3.94. The molecule has 0 bridgehead atoms. The summed E-state index contributed by atoms with van der Waals surface area (Å²) in [6.07, 6.45) is -0.627. The molecule has 0 aliphatic heterocycles. The smallest absolute Gasteiger partial charge is 0.412 e. The van der Waals surface area contributed by atoms with E-state index in [1.807, 2.05) is 0 Å². The Morgan fingerprint density at radius 1 is 1.25 bits per heavy atom. The largest absolute Gasteiger partial charge is 0.444 e. The van der Waals surface area contributed by atoms with Gasteiger partial charge in [-0.15, -0.1) is 0 Å². The molecule has 5 nitrogen and oxygen atoms in total. The molecular formula is C14H21FN2O3. The number of amides is 1. The number of hydrogen-bond acceptors (Lipinski definition) is 4. The van der Waals surface area contributed by atoms with Crippen molar-refractivity contribution in [2.45, 2.75) is 45.8 Å². The molecule has 1 rings (SSSR count). The third-order valence-electron chi connectivity index (χ3n) is 2.56. The molecule has 6 heteroatoms. The van der Waals surface area contributed by atoms with Gasteiger partial charge in [0.2, 0.25) is 0 Å². The van der Waals surface area contributed by atoms with Gasteiger partial charge in [-0.05, 0) is 52.8 Å². The Bertz CT molecular complexity index is 496. The van der Waals surface area contributed by atoms with Gasteiger partial charge in [0.1, 0.15) is 17.0 Å². The van der Waals surface area contributed by atoms with Gasteiger partial charge in [0, 0.05) is 5.56 Å². The van der Waals surface area contributed by atoms with E-state index < -0.39 is 23.1 Å². The van der Waals surface area contributed by atoms with Crippen LogP contribution < -0.4 is 11.2 Å². The summed E-state index contributed by atoms with van der Waals surface area (Å²) >= 11 is 0. The lowest BCUT2D eigenvalue weighted by molar-refractivity contribution is -0.0233. The summed E-state index contributed by atoms with van der Waals surface area (Å²) in [7, 11) is 0. The number of ether oxygens (including phenoxy) is 1. The van der Waals surface area contributed by atoms with E-state index >= 15 is 0 Å². The summed E-state index contributed by atoms with van der Waals surface area (Å²) in [4.78, 5) is 16.6. The van der Waals surface area contributed by atoms with E-state index in [1.54, 1.807) is 34.6 Å². The van der Waals surface area contributed by atoms with Crippen molar-refractivity contribution in [3.63, 3.8) is 0 Å². The molecule has 0 heterocycles. The van der Waals surface area contributed by atoms with E-state index in [0.29, 0.717) is 11.3 Å². The molecule has 0 aliphatic carbocycles. The molecule has 0 aromatic heterocycles. The second-order valence-corrected chi connectivity index (χ2v) is 5.94. The molecule has 0 atom stereocenters. The van der Waals surface area contributed by atoms with Crippen molar-refractivity contribution < 1.29 is 18.8 Å². The quantitative estimate of drug-likeness (QED) is 0.835. The predicted octanol–water partition coefficient (Wildman–Crippen LogP) is 3.30. The van der Waals surface area contributed by atoms with Crippen molar-refractivity contribution in [3.05, 3.63) is 29.6 Å². The number of halogens is 1. The second kappa shape index (κ2) is 5.76. The lowest BCUT2D eigenvalue weighted by Crippen LogP contribution is -2.30. The highest BCUT2D eigenvalue weighted by molar-refractivity contribution is 5.86. The maximum Gasteiger partial charge on any atom is 0.412 e. The van der Waals surface area contributed by atoms with E-state index in [9.17, 15) is 9.18 Å². The van der Waals surface area contributed by atoms with Gasteiger partial charge in [0.15, 0.2) is 0 Å². The number of carbonyl (C=O) groups is 1. The summed E-state index contributed by atoms with van der Waals surface area (Å²) < 4.78 is 18.5. The number of benzene rings is 1. The topological polar surface area (TPSA) is 73.6 Å². The summed E-state index contributed by atoms with van der Waals surface area (Å²) in [6.45, 7) is 8.60. The predicted molar refractivity (Wildman–Crippen MR) is 74.6 cm³/mol. The number of rotatable bonds is 3. The van der Waals surface area contributed by atoms with Gasteiger partial charge in [0.25, 0.3) is 0 Å². The summed E-state index contributed by atoms with van der Waals surface area (Å²) in [5.41, 5.74) is -0.765. The molecule has 1 amide bonds.